The first-order chi connectivity index (χ1) is 18.2. The number of carbonyl (C=O) groups excluding carboxylic acids is 1. The maximum Gasteiger partial charge on any atom is 0.416 e. The summed E-state index contributed by atoms with van der Waals surface area (Å²) >= 11 is 0. The molecule has 0 spiro atoms. The van der Waals surface area contributed by atoms with Gasteiger partial charge in [0.15, 0.2) is 0 Å². The monoisotopic (exact) mass is 542 g/mol. The van der Waals surface area contributed by atoms with Crippen LogP contribution in [0.3, 0.4) is 0 Å². The number of amides is 1. The molecule has 1 amide bonds. The number of carbonyl (C=O) groups is 2. The fraction of sp³-hybridized carbons (Fsp3) is 0.357. The molecule has 0 fully saturated rings. The minimum absolute atomic E-state index is 0.00122. The van der Waals surface area contributed by atoms with Crippen LogP contribution in [-0.4, -0.2) is 39.4 Å². The second-order valence-corrected chi connectivity index (χ2v) is 10.2. The van der Waals surface area contributed by atoms with Gasteiger partial charge in [0.1, 0.15) is 17.9 Å². The van der Waals surface area contributed by atoms with Gasteiger partial charge in [0.2, 0.25) is 0 Å². The smallest absolute Gasteiger partial charge is 0.416 e. The highest BCUT2D eigenvalue weighted by atomic mass is 19.4. The van der Waals surface area contributed by atoms with Crippen molar-refractivity contribution in [2.24, 2.45) is 5.41 Å². The van der Waals surface area contributed by atoms with E-state index in [1.807, 2.05) is 26.8 Å². The number of halogens is 3. The fourth-order valence-electron chi connectivity index (χ4n) is 3.84. The Morgan fingerprint density at radius 2 is 1.87 bits per heavy atom. The van der Waals surface area contributed by atoms with Crippen LogP contribution in [0.15, 0.2) is 48.7 Å². The lowest BCUT2D eigenvalue weighted by Gasteiger charge is -2.29. The summed E-state index contributed by atoms with van der Waals surface area (Å²) in [6.45, 7) is 9.33. The molecule has 0 radical (unpaired) electrons. The Bertz CT molecular complexity index is 1420. The molecular formula is C28H29F3N4O4. The number of hydrogen-bond donors (Lipinski definition) is 1. The van der Waals surface area contributed by atoms with E-state index in [9.17, 15) is 33.1 Å². The van der Waals surface area contributed by atoms with E-state index in [4.69, 9.17) is 4.74 Å². The molecule has 1 aromatic heterocycles. The molecular weight excluding hydrogens is 513 g/mol. The largest absolute Gasteiger partial charge is 0.492 e. The predicted molar refractivity (Wildman–Crippen MR) is 138 cm³/mol. The van der Waals surface area contributed by atoms with Crippen LogP contribution in [0.5, 0.6) is 5.75 Å². The van der Waals surface area contributed by atoms with Gasteiger partial charge in [0.05, 0.1) is 34.7 Å². The number of hydrogen-bond acceptors (Lipinski definition) is 5. The van der Waals surface area contributed by atoms with Crippen LogP contribution in [0.4, 0.5) is 18.9 Å². The lowest BCUT2D eigenvalue weighted by Crippen LogP contribution is -2.45. The van der Waals surface area contributed by atoms with Crippen LogP contribution in [0.2, 0.25) is 0 Å². The van der Waals surface area contributed by atoms with E-state index in [2.05, 4.69) is 5.10 Å². The van der Waals surface area contributed by atoms with E-state index in [-0.39, 0.29) is 40.0 Å². The molecule has 0 aliphatic carbocycles. The molecule has 39 heavy (non-hydrogen) atoms. The Morgan fingerprint density at radius 1 is 1.18 bits per heavy atom. The van der Waals surface area contributed by atoms with Crippen LogP contribution in [0, 0.1) is 23.7 Å². The van der Waals surface area contributed by atoms with Gasteiger partial charge in [-0.05, 0) is 55.2 Å². The summed E-state index contributed by atoms with van der Waals surface area (Å²) in [6.07, 6.45) is -3.25. The molecule has 0 bridgehead atoms. The summed E-state index contributed by atoms with van der Waals surface area (Å²) in [5.74, 6) is -1.70. The highest BCUT2D eigenvalue weighted by Crippen LogP contribution is 2.32. The predicted octanol–water partition coefficient (Wildman–Crippen LogP) is 6.01. The number of aliphatic carboxylic acids is 1. The number of alkyl halides is 3. The molecule has 2 aromatic carbocycles. The Labute approximate surface area is 224 Å². The molecule has 3 aromatic rings. The molecule has 8 nitrogen and oxygen atoms in total. The first-order valence-corrected chi connectivity index (χ1v) is 12.1. The number of ether oxygens (including phenoxy) is 1. The Kier molecular flexibility index (Phi) is 8.39. The number of anilines is 1. The maximum atomic E-state index is 13.8. The minimum Gasteiger partial charge on any atom is -0.492 e. The standard InChI is InChI=1S/C28H29F3N4O4/c1-6-23(26(37)38)35(21-10-11-24(18(12-21)14-32)39-16-27(3,4)5)25(36)22-15-34(33-17(22)2)20-9-7-8-19(13-20)28(29,30)31/h7-13,15,23H,6,16H2,1-5H3,(H,37,38). The van der Waals surface area contributed by atoms with Crippen molar-refractivity contribution < 1.29 is 32.6 Å². The van der Waals surface area contributed by atoms with Crippen LogP contribution in [0.25, 0.3) is 5.69 Å². The Balaban J connectivity index is 2.07. The van der Waals surface area contributed by atoms with E-state index >= 15 is 0 Å². The van der Waals surface area contributed by atoms with Gasteiger partial charge in [-0.1, -0.05) is 33.8 Å². The Morgan fingerprint density at radius 3 is 2.44 bits per heavy atom. The van der Waals surface area contributed by atoms with Crippen LogP contribution in [0.1, 0.15) is 61.3 Å². The van der Waals surface area contributed by atoms with Gasteiger partial charge in [-0.15, -0.1) is 0 Å². The molecule has 0 aliphatic rings. The third-order valence-corrected chi connectivity index (χ3v) is 5.79. The van der Waals surface area contributed by atoms with E-state index in [1.165, 1.54) is 43.5 Å². The third kappa shape index (κ3) is 6.76. The van der Waals surface area contributed by atoms with Crippen molar-refractivity contribution >= 4 is 17.6 Å². The zero-order valence-corrected chi connectivity index (χ0v) is 22.2. The van der Waals surface area contributed by atoms with Gasteiger partial charge < -0.3 is 9.84 Å². The molecule has 1 N–H and O–H groups in total. The first kappa shape index (κ1) is 29.2. The van der Waals surface area contributed by atoms with E-state index in [0.717, 1.165) is 21.7 Å². The Hall–Kier alpha value is -4.33. The number of rotatable bonds is 8. The van der Waals surface area contributed by atoms with Gasteiger partial charge in [-0.3, -0.25) is 9.69 Å². The average molecular weight is 543 g/mol. The van der Waals surface area contributed by atoms with Crippen LogP contribution in [-0.2, 0) is 11.0 Å². The van der Waals surface area contributed by atoms with Crippen molar-refractivity contribution in [2.45, 2.75) is 53.3 Å². The van der Waals surface area contributed by atoms with Gasteiger partial charge in [0.25, 0.3) is 5.91 Å². The van der Waals surface area contributed by atoms with E-state index < -0.39 is 29.7 Å². The third-order valence-electron chi connectivity index (χ3n) is 5.79. The molecule has 11 heteroatoms. The normalized spacial score (nSPS) is 12.5. The SMILES string of the molecule is CCC(C(=O)O)N(C(=O)c1cn(-c2cccc(C(F)(F)F)c2)nc1C)c1ccc(OCC(C)(C)C)c(C#N)c1. The minimum atomic E-state index is -4.56. The summed E-state index contributed by atoms with van der Waals surface area (Å²) in [6, 6.07) is 9.59. The zero-order chi connectivity index (χ0) is 29.1. The molecule has 206 valence electrons. The van der Waals surface area contributed by atoms with Gasteiger partial charge in [0, 0.05) is 11.9 Å². The van der Waals surface area contributed by atoms with Gasteiger partial charge in [-0.25, -0.2) is 9.48 Å². The summed E-state index contributed by atoms with van der Waals surface area (Å²) in [4.78, 5) is 27.0. The highest BCUT2D eigenvalue weighted by Gasteiger charge is 2.34. The molecule has 0 saturated carbocycles. The van der Waals surface area contributed by atoms with Crippen molar-refractivity contribution in [1.82, 2.24) is 9.78 Å². The maximum absolute atomic E-state index is 13.8. The summed E-state index contributed by atoms with van der Waals surface area (Å²) in [5, 5.41) is 23.8. The van der Waals surface area contributed by atoms with Crippen molar-refractivity contribution in [2.75, 3.05) is 11.5 Å². The average Bonchev–Trinajstić information content (AvgIpc) is 3.26. The highest BCUT2D eigenvalue weighted by molar-refractivity contribution is 6.09. The molecule has 1 atom stereocenters. The second-order valence-electron chi connectivity index (χ2n) is 10.2. The van der Waals surface area contributed by atoms with Crippen molar-refractivity contribution in [3.05, 3.63) is 71.0 Å². The lowest BCUT2D eigenvalue weighted by molar-refractivity contribution is -0.139. The summed E-state index contributed by atoms with van der Waals surface area (Å²) in [5.41, 5.74) is -0.520. The zero-order valence-electron chi connectivity index (χ0n) is 22.2. The van der Waals surface area contributed by atoms with Crippen molar-refractivity contribution in [3.63, 3.8) is 0 Å². The topological polar surface area (TPSA) is 108 Å². The quantitative estimate of drug-likeness (QED) is 0.374. The first-order valence-electron chi connectivity index (χ1n) is 12.1. The van der Waals surface area contributed by atoms with E-state index in [1.54, 1.807) is 6.92 Å². The summed E-state index contributed by atoms with van der Waals surface area (Å²) in [7, 11) is 0. The summed E-state index contributed by atoms with van der Waals surface area (Å²) < 4.78 is 46.6. The number of carboxylic acid groups (broad SMARTS) is 1. The van der Waals surface area contributed by atoms with E-state index in [0.29, 0.717) is 12.4 Å². The lowest BCUT2D eigenvalue weighted by atomic mass is 9.98. The molecule has 1 unspecified atom stereocenters. The van der Waals surface area contributed by atoms with Crippen LogP contribution >= 0.6 is 0 Å². The van der Waals surface area contributed by atoms with Crippen LogP contribution < -0.4 is 9.64 Å². The molecule has 0 saturated heterocycles. The van der Waals surface area contributed by atoms with Gasteiger partial charge in [-0.2, -0.15) is 23.5 Å². The second kappa shape index (κ2) is 11.2. The molecule has 1 heterocycles. The number of nitriles is 1. The number of nitrogens with zero attached hydrogens (tertiary/aromatic N) is 4. The number of benzene rings is 2. The van der Waals surface area contributed by atoms with Crippen molar-refractivity contribution in [3.8, 4) is 17.5 Å². The van der Waals surface area contributed by atoms with Gasteiger partial charge >= 0.3 is 12.1 Å². The van der Waals surface area contributed by atoms with Crippen molar-refractivity contribution in [1.29, 1.82) is 5.26 Å². The number of carboxylic acids is 1. The number of aromatic nitrogens is 2. The molecule has 0 aliphatic heterocycles. The fourth-order valence-corrected chi connectivity index (χ4v) is 3.84. The molecule has 3 rings (SSSR count). The number of aryl methyl sites for hydroxylation is 1.